The summed E-state index contributed by atoms with van der Waals surface area (Å²) in [6.07, 6.45) is 6.60. The van der Waals surface area contributed by atoms with E-state index in [2.05, 4.69) is 10.4 Å². The minimum absolute atomic E-state index is 0.0879. The summed E-state index contributed by atoms with van der Waals surface area (Å²) in [5.41, 5.74) is 0.994. The first-order valence-corrected chi connectivity index (χ1v) is 7.27. The van der Waals surface area contributed by atoms with Crippen LogP contribution in [0.25, 0.3) is 0 Å². The molecule has 1 heterocycles. The third-order valence-corrected chi connectivity index (χ3v) is 4.11. The molecule has 1 saturated carbocycles. The fourth-order valence-electron chi connectivity index (χ4n) is 2.66. The summed E-state index contributed by atoms with van der Waals surface area (Å²) in [6, 6.07) is 1.92. The summed E-state index contributed by atoms with van der Waals surface area (Å²) in [5, 5.41) is 16.0. The lowest BCUT2D eigenvalue weighted by molar-refractivity contribution is -0.123. The topological polar surface area (TPSA) is 87.8 Å². The van der Waals surface area contributed by atoms with Crippen molar-refractivity contribution in [1.29, 1.82) is 5.26 Å². The highest BCUT2D eigenvalue weighted by Crippen LogP contribution is 2.19. The Morgan fingerprint density at radius 1 is 1.43 bits per heavy atom. The number of hydrogen-bond donors (Lipinski definition) is 1. The third-order valence-electron chi connectivity index (χ3n) is 4.11. The molecule has 0 aromatic carbocycles. The van der Waals surface area contributed by atoms with Crippen LogP contribution in [0.4, 0.5) is 0 Å². The summed E-state index contributed by atoms with van der Waals surface area (Å²) in [4.78, 5) is 24.6. The second kappa shape index (κ2) is 6.53. The van der Waals surface area contributed by atoms with Crippen LogP contribution in [0.15, 0.2) is 6.20 Å². The average Bonchev–Trinajstić information content (AvgIpc) is 2.80. The molecule has 1 N–H and O–H groups in total. The van der Waals surface area contributed by atoms with Gasteiger partial charge < -0.3 is 5.32 Å². The second-order valence-electron chi connectivity index (χ2n) is 5.54. The van der Waals surface area contributed by atoms with Crippen LogP contribution in [0, 0.1) is 24.2 Å². The summed E-state index contributed by atoms with van der Waals surface area (Å²) in [5.74, 6) is -2.26. The maximum absolute atomic E-state index is 12.4. The van der Waals surface area contributed by atoms with E-state index in [-0.39, 0.29) is 6.04 Å². The van der Waals surface area contributed by atoms with E-state index in [1.807, 2.05) is 6.07 Å². The standard InChI is InChI=1S/C15H20N4O2/c1-10-13(9-17-19(10)2)14(20)12(8-16)15(21)18-11-6-4-3-5-7-11/h9,11-12H,3-7H2,1-2H3,(H,18,21). The molecule has 6 heteroatoms. The first kappa shape index (κ1) is 15.2. The van der Waals surface area contributed by atoms with Crippen LogP contribution in [0.3, 0.4) is 0 Å². The highest BCUT2D eigenvalue weighted by molar-refractivity contribution is 6.12. The van der Waals surface area contributed by atoms with Crippen molar-refractivity contribution >= 4 is 11.7 Å². The van der Waals surface area contributed by atoms with Gasteiger partial charge >= 0.3 is 0 Å². The molecular weight excluding hydrogens is 268 g/mol. The van der Waals surface area contributed by atoms with Gasteiger partial charge in [-0.2, -0.15) is 10.4 Å². The van der Waals surface area contributed by atoms with Crippen molar-refractivity contribution in [2.75, 3.05) is 0 Å². The molecule has 1 aliphatic carbocycles. The third kappa shape index (κ3) is 3.30. The molecule has 0 aliphatic heterocycles. The molecule has 1 fully saturated rings. The van der Waals surface area contributed by atoms with Gasteiger partial charge in [0.25, 0.3) is 0 Å². The summed E-state index contributed by atoms with van der Waals surface area (Å²) < 4.78 is 1.56. The zero-order valence-electron chi connectivity index (χ0n) is 12.4. The smallest absolute Gasteiger partial charge is 0.245 e. The predicted octanol–water partition coefficient (Wildman–Crippen LogP) is 1.50. The van der Waals surface area contributed by atoms with E-state index in [4.69, 9.17) is 0 Å². The highest BCUT2D eigenvalue weighted by Gasteiger charge is 2.31. The Morgan fingerprint density at radius 2 is 2.10 bits per heavy atom. The van der Waals surface area contributed by atoms with Crippen molar-refractivity contribution in [3.63, 3.8) is 0 Å². The van der Waals surface area contributed by atoms with Gasteiger partial charge in [-0.15, -0.1) is 0 Å². The Bertz CT molecular complexity index is 579. The molecule has 1 aliphatic rings. The fraction of sp³-hybridized carbons (Fsp3) is 0.600. The molecule has 1 aromatic rings. The molecule has 0 saturated heterocycles. The molecule has 1 aromatic heterocycles. The minimum Gasteiger partial charge on any atom is -0.352 e. The van der Waals surface area contributed by atoms with E-state index in [1.54, 1.807) is 18.7 Å². The molecule has 0 spiro atoms. The first-order chi connectivity index (χ1) is 10.0. The van der Waals surface area contributed by atoms with Gasteiger partial charge in [-0.3, -0.25) is 14.3 Å². The number of nitrogens with zero attached hydrogens (tertiary/aromatic N) is 3. The van der Waals surface area contributed by atoms with E-state index < -0.39 is 17.6 Å². The number of nitriles is 1. The van der Waals surface area contributed by atoms with Crippen LogP contribution in [-0.4, -0.2) is 27.5 Å². The van der Waals surface area contributed by atoms with Crippen LogP contribution < -0.4 is 5.32 Å². The monoisotopic (exact) mass is 288 g/mol. The van der Waals surface area contributed by atoms with Gasteiger partial charge in [0.2, 0.25) is 5.91 Å². The average molecular weight is 288 g/mol. The molecule has 2 rings (SSSR count). The Labute approximate surface area is 124 Å². The lowest BCUT2D eigenvalue weighted by Gasteiger charge is -2.23. The summed E-state index contributed by atoms with van der Waals surface area (Å²) in [6.45, 7) is 1.74. The maximum Gasteiger partial charge on any atom is 0.245 e. The van der Waals surface area contributed by atoms with Crippen molar-refractivity contribution in [1.82, 2.24) is 15.1 Å². The predicted molar refractivity (Wildman–Crippen MR) is 76.4 cm³/mol. The maximum atomic E-state index is 12.4. The molecule has 21 heavy (non-hydrogen) atoms. The minimum atomic E-state index is -1.30. The van der Waals surface area contributed by atoms with Gasteiger partial charge in [-0.1, -0.05) is 19.3 Å². The van der Waals surface area contributed by atoms with Gasteiger partial charge in [0.15, 0.2) is 11.7 Å². The molecule has 1 unspecified atom stereocenters. The number of aromatic nitrogens is 2. The number of rotatable bonds is 4. The van der Waals surface area contributed by atoms with Crippen LogP contribution in [0.1, 0.15) is 48.2 Å². The molecule has 0 bridgehead atoms. The number of carbonyl (C=O) groups excluding carboxylic acids is 2. The molecular formula is C15H20N4O2. The second-order valence-corrected chi connectivity index (χ2v) is 5.54. The Kier molecular flexibility index (Phi) is 4.73. The number of nitrogens with one attached hydrogen (secondary N) is 1. The normalized spacial score (nSPS) is 17.0. The van der Waals surface area contributed by atoms with Crippen molar-refractivity contribution < 1.29 is 9.59 Å². The Morgan fingerprint density at radius 3 is 2.62 bits per heavy atom. The lowest BCUT2D eigenvalue weighted by Crippen LogP contribution is -2.42. The van der Waals surface area contributed by atoms with E-state index in [0.29, 0.717) is 11.3 Å². The Balaban J connectivity index is 2.08. The molecule has 112 valence electrons. The van der Waals surface area contributed by atoms with Crippen molar-refractivity contribution in [3.05, 3.63) is 17.5 Å². The number of carbonyl (C=O) groups is 2. The number of amides is 1. The lowest BCUT2D eigenvalue weighted by atomic mass is 9.93. The zero-order valence-corrected chi connectivity index (χ0v) is 12.4. The van der Waals surface area contributed by atoms with Gasteiger partial charge in [0, 0.05) is 18.8 Å². The van der Waals surface area contributed by atoms with Crippen LogP contribution in [0.2, 0.25) is 0 Å². The fourth-order valence-corrected chi connectivity index (χ4v) is 2.66. The largest absolute Gasteiger partial charge is 0.352 e. The van der Waals surface area contributed by atoms with Gasteiger partial charge in [-0.05, 0) is 19.8 Å². The number of aryl methyl sites for hydroxylation is 1. The highest BCUT2D eigenvalue weighted by atomic mass is 16.2. The van der Waals surface area contributed by atoms with E-state index in [9.17, 15) is 14.9 Å². The number of ketones is 1. The summed E-state index contributed by atoms with van der Waals surface area (Å²) >= 11 is 0. The van der Waals surface area contributed by atoms with Gasteiger partial charge in [0.05, 0.1) is 17.8 Å². The SMILES string of the molecule is Cc1c(C(=O)C(C#N)C(=O)NC2CCCCC2)cnn1C. The van der Waals surface area contributed by atoms with E-state index >= 15 is 0 Å². The molecule has 1 atom stereocenters. The van der Waals surface area contributed by atoms with E-state index in [0.717, 1.165) is 25.7 Å². The van der Waals surface area contributed by atoms with Gasteiger partial charge in [-0.25, -0.2) is 0 Å². The van der Waals surface area contributed by atoms with Crippen LogP contribution >= 0.6 is 0 Å². The van der Waals surface area contributed by atoms with Crippen LogP contribution in [-0.2, 0) is 11.8 Å². The molecule has 0 radical (unpaired) electrons. The van der Waals surface area contributed by atoms with E-state index in [1.165, 1.54) is 12.6 Å². The van der Waals surface area contributed by atoms with Crippen molar-refractivity contribution in [2.24, 2.45) is 13.0 Å². The quantitative estimate of drug-likeness (QED) is 0.671. The Hall–Kier alpha value is -2.16. The number of Topliss-reactive ketones (excluding diaryl/α,β-unsaturated/α-hetero) is 1. The number of hydrogen-bond acceptors (Lipinski definition) is 4. The zero-order chi connectivity index (χ0) is 15.4. The summed E-state index contributed by atoms with van der Waals surface area (Å²) in [7, 11) is 1.72. The van der Waals surface area contributed by atoms with Crippen molar-refractivity contribution in [2.45, 2.75) is 45.1 Å². The van der Waals surface area contributed by atoms with Crippen LogP contribution in [0.5, 0.6) is 0 Å². The van der Waals surface area contributed by atoms with Gasteiger partial charge in [0.1, 0.15) is 0 Å². The molecule has 1 amide bonds. The molecule has 6 nitrogen and oxygen atoms in total. The first-order valence-electron chi connectivity index (χ1n) is 7.27. The van der Waals surface area contributed by atoms with Crippen molar-refractivity contribution in [3.8, 4) is 6.07 Å².